The maximum atomic E-state index is 12.9. The number of imidazole rings is 1. The molecule has 3 aromatic carbocycles. The van der Waals surface area contributed by atoms with Gasteiger partial charge in [-0.2, -0.15) is 0 Å². The third-order valence-electron chi connectivity index (χ3n) is 4.12. The summed E-state index contributed by atoms with van der Waals surface area (Å²) in [5.41, 5.74) is 3.22. The van der Waals surface area contributed by atoms with E-state index in [1.807, 2.05) is 54.6 Å². The van der Waals surface area contributed by atoms with Crippen molar-refractivity contribution in [2.75, 3.05) is 0 Å². The number of nitrogens with zero attached hydrogens (tertiary/aromatic N) is 2. The number of phenolic OH excluding ortho intramolecular Hbond substituents is 1. The van der Waals surface area contributed by atoms with E-state index >= 15 is 0 Å². The minimum atomic E-state index is -0.175. The molecule has 4 aromatic rings. The summed E-state index contributed by atoms with van der Waals surface area (Å²) in [7, 11) is 0. The molecule has 26 heavy (non-hydrogen) atoms. The van der Waals surface area contributed by atoms with Gasteiger partial charge in [-0.1, -0.05) is 42.5 Å². The molecular weight excluding hydrogens is 324 g/mol. The highest BCUT2D eigenvalue weighted by Gasteiger charge is 2.16. The van der Waals surface area contributed by atoms with E-state index in [1.165, 1.54) is 0 Å². The standard InChI is InChI=1S/C22H16N2O2/c25-18-13-11-17(12-14-18)22-23-19-8-4-5-9-20(19)24(22)21(26)15-10-16-6-2-1-3-7-16/h1-15,25H/b15-10+. The molecule has 0 spiro atoms. The number of fused-ring (bicyclic) bond motifs is 1. The molecule has 126 valence electrons. The lowest BCUT2D eigenvalue weighted by Gasteiger charge is -2.05. The number of allylic oxidation sites excluding steroid dienone is 1. The number of aromatic nitrogens is 2. The summed E-state index contributed by atoms with van der Waals surface area (Å²) in [6.07, 6.45) is 3.34. The van der Waals surface area contributed by atoms with Gasteiger partial charge >= 0.3 is 0 Å². The number of aromatic hydroxyl groups is 1. The molecule has 0 saturated carbocycles. The first kappa shape index (κ1) is 15.8. The lowest BCUT2D eigenvalue weighted by Crippen LogP contribution is -2.09. The highest BCUT2D eigenvalue weighted by Crippen LogP contribution is 2.26. The van der Waals surface area contributed by atoms with Gasteiger partial charge in [0.2, 0.25) is 0 Å². The zero-order chi connectivity index (χ0) is 17.9. The third kappa shape index (κ3) is 3.00. The molecule has 0 saturated heterocycles. The summed E-state index contributed by atoms with van der Waals surface area (Å²) in [5, 5.41) is 9.53. The van der Waals surface area contributed by atoms with Crippen LogP contribution in [-0.2, 0) is 0 Å². The summed E-state index contributed by atoms with van der Waals surface area (Å²) in [6, 6.07) is 23.9. The van der Waals surface area contributed by atoms with Crippen molar-refractivity contribution in [1.29, 1.82) is 0 Å². The van der Waals surface area contributed by atoms with Crippen LogP contribution in [0.5, 0.6) is 5.75 Å². The van der Waals surface area contributed by atoms with Crippen molar-refractivity contribution in [1.82, 2.24) is 9.55 Å². The van der Waals surface area contributed by atoms with Gasteiger partial charge in [0.1, 0.15) is 11.6 Å². The van der Waals surface area contributed by atoms with E-state index in [9.17, 15) is 9.90 Å². The van der Waals surface area contributed by atoms with Crippen molar-refractivity contribution in [3.63, 3.8) is 0 Å². The van der Waals surface area contributed by atoms with E-state index in [0.717, 1.165) is 22.2 Å². The van der Waals surface area contributed by atoms with Crippen LogP contribution in [0.15, 0.2) is 84.9 Å². The van der Waals surface area contributed by atoms with E-state index in [0.29, 0.717) is 5.82 Å². The van der Waals surface area contributed by atoms with Gasteiger partial charge in [-0.25, -0.2) is 4.98 Å². The van der Waals surface area contributed by atoms with Gasteiger partial charge in [-0.05, 0) is 48.0 Å². The van der Waals surface area contributed by atoms with Gasteiger partial charge in [0.25, 0.3) is 5.91 Å². The molecule has 4 nitrogen and oxygen atoms in total. The molecule has 0 atom stereocenters. The van der Waals surface area contributed by atoms with Gasteiger partial charge in [0.15, 0.2) is 0 Å². The highest BCUT2D eigenvalue weighted by molar-refractivity contribution is 6.02. The second-order valence-electron chi connectivity index (χ2n) is 5.89. The maximum absolute atomic E-state index is 12.9. The van der Waals surface area contributed by atoms with E-state index in [1.54, 1.807) is 41.0 Å². The normalized spacial score (nSPS) is 11.2. The summed E-state index contributed by atoms with van der Waals surface area (Å²) in [4.78, 5) is 17.6. The highest BCUT2D eigenvalue weighted by atomic mass is 16.3. The Morgan fingerprint density at radius 3 is 2.35 bits per heavy atom. The van der Waals surface area contributed by atoms with Crippen molar-refractivity contribution in [3.05, 3.63) is 90.5 Å². The molecule has 0 fully saturated rings. The zero-order valence-corrected chi connectivity index (χ0v) is 13.9. The average molecular weight is 340 g/mol. The van der Waals surface area contributed by atoms with E-state index in [4.69, 9.17) is 0 Å². The van der Waals surface area contributed by atoms with Crippen LogP contribution >= 0.6 is 0 Å². The van der Waals surface area contributed by atoms with Crippen LogP contribution in [0, 0.1) is 0 Å². The fraction of sp³-hybridized carbons (Fsp3) is 0. The summed E-state index contributed by atoms with van der Waals surface area (Å²) in [6.45, 7) is 0. The number of hydrogen-bond donors (Lipinski definition) is 1. The molecule has 4 rings (SSSR count). The maximum Gasteiger partial charge on any atom is 0.256 e. The average Bonchev–Trinajstić information content (AvgIpc) is 3.07. The molecule has 0 aliphatic carbocycles. The molecule has 0 bridgehead atoms. The minimum Gasteiger partial charge on any atom is -0.508 e. The van der Waals surface area contributed by atoms with Crippen molar-refractivity contribution in [2.45, 2.75) is 0 Å². The fourth-order valence-corrected chi connectivity index (χ4v) is 2.86. The van der Waals surface area contributed by atoms with Crippen molar-refractivity contribution >= 4 is 23.0 Å². The predicted octanol–water partition coefficient (Wildman–Crippen LogP) is 4.76. The van der Waals surface area contributed by atoms with E-state index in [2.05, 4.69) is 4.98 Å². The molecule has 0 unspecified atom stereocenters. The van der Waals surface area contributed by atoms with Crippen LogP contribution in [-0.4, -0.2) is 20.6 Å². The SMILES string of the molecule is O=C(/C=C/c1ccccc1)n1c(-c2ccc(O)cc2)nc2ccccc21. The second kappa shape index (κ2) is 6.69. The zero-order valence-electron chi connectivity index (χ0n) is 13.9. The number of hydrogen-bond acceptors (Lipinski definition) is 3. The Morgan fingerprint density at radius 2 is 1.58 bits per heavy atom. The monoisotopic (exact) mass is 340 g/mol. The predicted molar refractivity (Wildman–Crippen MR) is 103 cm³/mol. The summed E-state index contributed by atoms with van der Waals surface area (Å²) < 4.78 is 1.60. The molecule has 0 aliphatic heterocycles. The van der Waals surface area contributed by atoms with Crippen molar-refractivity contribution in [2.24, 2.45) is 0 Å². The molecule has 4 heteroatoms. The molecule has 1 N–H and O–H groups in total. The first-order chi connectivity index (χ1) is 12.7. The molecule has 0 aliphatic rings. The molecule has 1 heterocycles. The number of carbonyl (C=O) groups is 1. The number of rotatable bonds is 3. The van der Waals surface area contributed by atoms with Crippen LogP contribution in [0.3, 0.4) is 0 Å². The van der Waals surface area contributed by atoms with Crippen LogP contribution in [0.25, 0.3) is 28.5 Å². The van der Waals surface area contributed by atoms with Crippen LogP contribution in [0.4, 0.5) is 0 Å². The van der Waals surface area contributed by atoms with E-state index < -0.39 is 0 Å². The smallest absolute Gasteiger partial charge is 0.256 e. The van der Waals surface area contributed by atoms with Gasteiger partial charge < -0.3 is 5.11 Å². The molecule has 0 amide bonds. The largest absolute Gasteiger partial charge is 0.508 e. The number of para-hydroxylation sites is 2. The van der Waals surface area contributed by atoms with E-state index in [-0.39, 0.29) is 11.7 Å². The molecule has 0 radical (unpaired) electrons. The van der Waals surface area contributed by atoms with Gasteiger partial charge in [-0.15, -0.1) is 0 Å². The first-order valence-electron chi connectivity index (χ1n) is 8.27. The minimum absolute atomic E-state index is 0.173. The first-order valence-corrected chi connectivity index (χ1v) is 8.27. The Kier molecular flexibility index (Phi) is 4.07. The van der Waals surface area contributed by atoms with Crippen molar-refractivity contribution in [3.8, 4) is 17.1 Å². The Balaban J connectivity index is 1.82. The topological polar surface area (TPSA) is 55.1 Å². The number of carbonyl (C=O) groups excluding carboxylic acids is 1. The Hall–Kier alpha value is -3.66. The van der Waals surface area contributed by atoms with Crippen LogP contribution < -0.4 is 0 Å². The van der Waals surface area contributed by atoms with Crippen LogP contribution in [0.2, 0.25) is 0 Å². The second-order valence-corrected chi connectivity index (χ2v) is 5.89. The number of benzene rings is 3. The van der Waals surface area contributed by atoms with Crippen LogP contribution in [0.1, 0.15) is 10.4 Å². The number of phenols is 1. The Bertz CT molecular complexity index is 1090. The van der Waals surface area contributed by atoms with Gasteiger partial charge in [0, 0.05) is 11.6 Å². The lowest BCUT2D eigenvalue weighted by molar-refractivity contribution is 0.0976. The molecular formula is C22H16N2O2. The third-order valence-corrected chi connectivity index (χ3v) is 4.12. The summed E-state index contributed by atoms with van der Waals surface area (Å²) in [5.74, 6) is 0.547. The Morgan fingerprint density at radius 1 is 0.885 bits per heavy atom. The lowest BCUT2D eigenvalue weighted by atomic mass is 10.2. The molecule has 1 aromatic heterocycles. The quantitative estimate of drug-likeness (QED) is 0.547. The van der Waals surface area contributed by atoms with Gasteiger partial charge in [-0.3, -0.25) is 9.36 Å². The fourth-order valence-electron chi connectivity index (χ4n) is 2.86. The van der Waals surface area contributed by atoms with Gasteiger partial charge in [0.05, 0.1) is 11.0 Å². The van der Waals surface area contributed by atoms with Crippen molar-refractivity contribution < 1.29 is 9.90 Å². The summed E-state index contributed by atoms with van der Waals surface area (Å²) >= 11 is 0. The Labute approximate surface area is 150 Å².